The van der Waals surface area contributed by atoms with E-state index in [1.54, 1.807) is 7.11 Å². The summed E-state index contributed by atoms with van der Waals surface area (Å²) < 4.78 is 5.06. The number of carbonyl (C=O) groups is 1. The van der Waals surface area contributed by atoms with Crippen molar-refractivity contribution < 1.29 is 9.53 Å². The van der Waals surface area contributed by atoms with Crippen LogP contribution in [0.5, 0.6) is 0 Å². The van der Waals surface area contributed by atoms with Gasteiger partial charge in [-0.1, -0.05) is 6.92 Å². The Morgan fingerprint density at radius 3 is 2.78 bits per heavy atom. The maximum atomic E-state index is 12.2. The molecule has 0 aromatic heterocycles. The molecule has 2 fully saturated rings. The maximum Gasteiger partial charge on any atom is 0.227 e. The monoisotopic (exact) mass is 255 g/mol. The van der Waals surface area contributed by atoms with Crippen LogP contribution in [0, 0.1) is 5.92 Å². The van der Waals surface area contributed by atoms with Gasteiger partial charge in [-0.15, -0.1) is 0 Å². The summed E-state index contributed by atoms with van der Waals surface area (Å²) in [6.45, 7) is 8.64. The van der Waals surface area contributed by atoms with Crippen LogP contribution in [0.4, 0.5) is 0 Å². The number of piperazine rings is 1. The van der Waals surface area contributed by atoms with Crippen LogP contribution in [0.3, 0.4) is 0 Å². The van der Waals surface area contributed by atoms with Crippen LogP contribution in [-0.2, 0) is 9.53 Å². The molecule has 2 unspecified atom stereocenters. The molecule has 18 heavy (non-hydrogen) atoms. The van der Waals surface area contributed by atoms with Crippen molar-refractivity contribution in [3.63, 3.8) is 0 Å². The lowest BCUT2D eigenvalue weighted by molar-refractivity contribution is -0.135. The van der Waals surface area contributed by atoms with Crippen molar-refractivity contribution in [2.75, 3.05) is 53.0 Å². The van der Waals surface area contributed by atoms with Crippen LogP contribution in [-0.4, -0.2) is 74.7 Å². The Morgan fingerprint density at radius 2 is 2.11 bits per heavy atom. The molecular formula is C13H25N3O2. The first-order chi connectivity index (χ1) is 8.72. The van der Waals surface area contributed by atoms with Crippen molar-refractivity contribution in [2.45, 2.75) is 19.4 Å². The molecule has 2 heterocycles. The lowest BCUT2D eigenvalue weighted by atomic mass is 10.1. The normalized spacial score (nSPS) is 27.4. The molecule has 2 atom stereocenters. The standard InChI is InChI=1S/C13H25N3O2/c1-11(10-18-2)13(17)16-6-3-12(9-16)15-7-4-14-5-8-15/h11-12,14H,3-10H2,1-2H3. The molecule has 2 saturated heterocycles. The predicted molar refractivity (Wildman–Crippen MR) is 70.5 cm³/mol. The highest BCUT2D eigenvalue weighted by Crippen LogP contribution is 2.18. The van der Waals surface area contributed by atoms with Crippen molar-refractivity contribution in [3.8, 4) is 0 Å². The van der Waals surface area contributed by atoms with E-state index in [1.165, 1.54) is 0 Å². The molecule has 5 heteroatoms. The van der Waals surface area contributed by atoms with Gasteiger partial charge in [-0.2, -0.15) is 0 Å². The van der Waals surface area contributed by atoms with E-state index in [-0.39, 0.29) is 11.8 Å². The van der Waals surface area contributed by atoms with Gasteiger partial charge in [-0.3, -0.25) is 9.69 Å². The van der Waals surface area contributed by atoms with E-state index >= 15 is 0 Å². The number of hydrogen-bond donors (Lipinski definition) is 1. The van der Waals surface area contributed by atoms with Crippen LogP contribution in [0.2, 0.25) is 0 Å². The average Bonchev–Trinajstić information content (AvgIpc) is 2.89. The molecule has 0 saturated carbocycles. The molecule has 104 valence electrons. The van der Waals surface area contributed by atoms with E-state index in [4.69, 9.17) is 4.74 Å². The van der Waals surface area contributed by atoms with Crippen molar-refractivity contribution in [3.05, 3.63) is 0 Å². The predicted octanol–water partition coefficient (Wildman–Crippen LogP) is -0.225. The Hall–Kier alpha value is -0.650. The number of rotatable bonds is 4. The molecule has 2 aliphatic rings. The summed E-state index contributed by atoms with van der Waals surface area (Å²) in [6, 6.07) is 0.561. The van der Waals surface area contributed by atoms with Crippen LogP contribution in [0.1, 0.15) is 13.3 Å². The van der Waals surface area contributed by atoms with Crippen molar-refractivity contribution in [1.82, 2.24) is 15.1 Å². The quantitative estimate of drug-likeness (QED) is 0.754. The zero-order valence-electron chi connectivity index (χ0n) is 11.5. The third-order valence-corrected chi connectivity index (χ3v) is 3.98. The van der Waals surface area contributed by atoms with Gasteiger partial charge in [0.15, 0.2) is 0 Å². The SMILES string of the molecule is COCC(C)C(=O)N1CCC(N2CCNCC2)C1. The Labute approximate surface area is 109 Å². The Kier molecular flexibility index (Phi) is 4.97. The topological polar surface area (TPSA) is 44.8 Å². The molecule has 1 N–H and O–H groups in total. The maximum absolute atomic E-state index is 12.2. The van der Waals surface area contributed by atoms with Gasteiger partial charge in [-0.05, 0) is 6.42 Å². The van der Waals surface area contributed by atoms with Crippen LogP contribution < -0.4 is 5.32 Å². The van der Waals surface area contributed by atoms with E-state index in [9.17, 15) is 4.79 Å². The van der Waals surface area contributed by atoms with Crippen LogP contribution in [0.25, 0.3) is 0 Å². The summed E-state index contributed by atoms with van der Waals surface area (Å²) in [5.74, 6) is 0.228. The van der Waals surface area contributed by atoms with E-state index in [2.05, 4.69) is 10.2 Å². The van der Waals surface area contributed by atoms with Gasteiger partial charge in [-0.25, -0.2) is 0 Å². The van der Waals surface area contributed by atoms with Crippen LogP contribution in [0.15, 0.2) is 0 Å². The Morgan fingerprint density at radius 1 is 1.39 bits per heavy atom. The minimum absolute atomic E-state index is 0.0169. The largest absolute Gasteiger partial charge is 0.384 e. The summed E-state index contributed by atoms with van der Waals surface area (Å²) in [5.41, 5.74) is 0. The van der Waals surface area contributed by atoms with E-state index in [0.29, 0.717) is 12.6 Å². The highest BCUT2D eigenvalue weighted by molar-refractivity contribution is 5.79. The van der Waals surface area contributed by atoms with E-state index < -0.39 is 0 Å². The number of nitrogens with zero attached hydrogens (tertiary/aromatic N) is 2. The van der Waals surface area contributed by atoms with Crippen molar-refractivity contribution in [2.24, 2.45) is 5.92 Å². The fraction of sp³-hybridized carbons (Fsp3) is 0.923. The molecule has 0 spiro atoms. The van der Waals surface area contributed by atoms with Gasteiger partial charge in [0.2, 0.25) is 5.91 Å². The molecule has 0 aromatic rings. The number of methoxy groups -OCH3 is 1. The van der Waals surface area contributed by atoms with Gasteiger partial charge < -0.3 is 15.0 Å². The molecule has 2 rings (SSSR count). The fourth-order valence-corrected chi connectivity index (χ4v) is 2.92. The fourth-order valence-electron chi connectivity index (χ4n) is 2.92. The minimum Gasteiger partial charge on any atom is -0.384 e. The second kappa shape index (κ2) is 6.50. The summed E-state index contributed by atoms with van der Waals surface area (Å²) >= 11 is 0. The van der Waals surface area contributed by atoms with Gasteiger partial charge in [0.25, 0.3) is 0 Å². The Balaban J connectivity index is 1.81. The van der Waals surface area contributed by atoms with Crippen molar-refractivity contribution >= 4 is 5.91 Å². The molecule has 0 radical (unpaired) electrons. The van der Waals surface area contributed by atoms with Gasteiger partial charge in [0.05, 0.1) is 12.5 Å². The number of amides is 1. The highest BCUT2D eigenvalue weighted by atomic mass is 16.5. The molecule has 0 aromatic carbocycles. The third kappa shape index (κ3) is 3.22. The zero-order valence-corrected chi connectivity index (χ0v) is 11.5. The van der Waals surface area contributed by atoms with Gasteiger partial charge in [0.1, 0.15) is 0 Å². The second-order valence-electron chi connectivity index (χ2n) is 5.37. The van der Waals surface area contributed by atoms with Gasteiger partial charge >= 0.3 is 0 Å². The summed E-state index contributed by atoms with van der Waals surface area (Å²) in [6.07, 6.45) is 1.12. The van der Waals surface area contributed by atoms with E-state index in [1.807, 2.05) is 11.8 Å². The summed E-state index contributed by atoms with van der Waals surface area (Å²) in [4.78, 5) is 16.7. The molecule has 0 aliphatic carbocycles. The lowest BCUT2D eigenvalue weighted by Crippen LogP contribution is -2.49. The number of likely N-dealkylation sites (tertiary alicyclic amines) is 1. The number of ether oxygens (including phenoxy) is 1. The first kappa shape index (κ1) is 13.8. The van der Waals surface area contributed by atoms with Crippen molar-refractivity contribution in [1.29, 1.82) is 0 Å². The first-order valence-electron chi connectivity index (χ1n) is 6.95. The average molecular weight is 255 g/mol. The van der Waals surface area contributed by atoms with Gasteiger partial charge in [0, 0.05) is 52.4 Å². The van der Waals surface area contributed by atoms with E-state index in [0.717, 1.165) is 45.7 Å². The highest BCUT2D eigenvalue weighted by Gasteiger charge is 2.32. The molecule has 1 amide bonds. The second-order valence-corrected chi connectivity index (χ2v) is 5.37. The smallest absolute Gasteiger partial charge is 0.227 e. The van der Waals surface area contributed by atoms with Crippen LogP contribution >= 0.6 is 0 Å². The molecule has 2 aliphatic heterocycles. The lowest BCUT2D eigenvalue weighted by Gasteiger charge is -2.32. The third-order valence-electron chi connectivity index (χ3n) is 3.98. The zero-order chi connectivity index (χ0) is 13.0. The molecule has 0 bridgehead atoms. The summed E-state index contributed by atoms with van der Waals surface area (Å²) in [5, 5.41) is 3.37. The molecule has 5 nitrogen and oxygen atoms in total. The Bertz CT molecular complexity index is 279. The number of nitrogens with one attached hydrogen (secondary N) is 1. The number of carbonyl (C=O) groups excluding carboxylic acids is 1. The number of hydrogen-bond acceptors (Lipinski definition) is 4. The summed E-state index contributed by atoms with van der Waals surface area (Å²) in [7, 11) is 1.65. The first-order valence-corrected chi connectivity index (χ1v) is 6.95. The molecular weight excluding hydrogens is 230 g/mol. The minimum atomic E-state index is -0.0169.